The molecule has 40 heavy (non-hydrogen) atoms. The fraction of sp³-hybridized carbons (Fsp3) is 0.480. The van der Waals surface area contributed by atoms with E-state index >= 15 is 0 Å². The summed E-state index contributed by atoms with van der Waals surface area (Å²) >= 11 is 0. The molecule has 2 aliphatic rings. The van der Waals surface area contributed by atoms with E-state index in [2.05, 4.69) is 20.9 Å². The van der Waals surface area contributed by atoms with Crippen molar-refractivity contribution in [2.75, 3.05) is 45.9 Å². The molecule has 1 aromatic heterocycles. The minimum absolute atomic E-state index is 0.283. The number of nitrogens with zero attached hydrogens (tertiary/aromatic N) is 3. The maximum Gasteiger partial charge on any atom is 0.490 e. The second-order valence-electron chi connectivity index (χ2n) is 8.94. The Morgan fingerprint density at radius 3 is 1.95 bits per heavy atom. The molecule has 0 bridgehead atoms. The number of carboxylic acid groups (broad SMARTS) is 2. The number of alkyl halides is 6. The lowest BCUT2D eigenvalue weighted by Gasteiger charge is -2.37. The van der Waals surface area contributed by atoms with Gasteiger partial charge < -0.3 is 20.1 Å². The van der Waals surface area contributed by atoms with Gasteiger partial charge in [-0.2, -0.15) is 26.3 Å². The van der Waals surface area contributed by atoms with Gasteiger partial charge in [-0.15, -0.1) is 0 Å². The molecule has 4 rings (SSSR count). The molecule has 3 N–H and O–H groups in total. The largest absolute Gasteiger partial charge is 0.490 e. The Bertz CT molecular complexity index is 1040. The van der Waals surface area contributed by atoms with Crippen molar-refractivity contribution in [3.8, 4) is 0 Å². The summed E-state index contributed by atoms with van der Waals surface area (Å²) in [5, 5.41) is 25.4. The highest BCUT2D eigenvalue weighted by Gasteiger charge is 2.40. The van der Waals surface area contributed by atoms with Gasteiger partial charge in [-0.25, -0.2) is 9.59 Å². The third-order valence-electron chi connectivity index (χ3n) is 6.11. The van der Waals surface area contributed by atoms with E-state index in [9.17, 15) is 31.4 Å². The topological polar surface area (TPSA) is 123 Å². The molecule has 0 radical (unpaired) electrons. The van der Waals surface area contributed by atoms with Crippen LogP contribution in [0.15, 0.2) is 54.9 Å². The molecule has 0 saturated carbocycles. The van der Waals surface area contributed by atoms with Crippen LogP contribution in [0.1, 0.15) is 23.6 Å². The van der Waals surface area contributed by atoms with Crippen molar-refractivity contribution in [3.05, 3.63) is 66.0 Å². The summed E-state index contributed by atoms with van der Waals surface area (Å²) < 4.78 is 69.0. The van der Waals surface area contributed by atoms with Gasteiger partial charge in [-0.3, -0.25) is 14.8 Å². The average molecular weight is 582 g/mol. The molecule has 2 saturated heterocycles. The fourth-order valence-electron chi connectivity index (χ4n) is 4.15. The van der Waals surface area contributed by atoms with Gasteiger partial charge >= 0.3 is 24.3 Å². The molecule has 9 nitrogen and oxygen atoms in total. The number of carboxylic acids is 2. The molecular formula is C25H29F6N3O6. The minimum atomic E-state index is -5.08. The van der Waals surface area contributed by atoms with Crippen LogP contribution in [-0.2, 0) is 19.9 Å². The third-order valence-corrected chi connectivity index (χ3v) is 6.11. The summed E-state index contributed by atoms with van der Waals surface area (Å²) in [4.78, 5) is 27.0. The van der Waals surface area contributed by atoms with Crippen LogP contribution in [0.3, 0.4) is 0 Å². The van der Waals surface area contributed by atoms with Crippen molar-refractivity contribution in [1.29, 1.82) is 0 Å². The Morgan fingerprint density at radius 2 is 1.48 bits per heavy atom. The first-order chi connectivity index (χ1) is 18.6. The van der Waals surface area contributed by atoms with Crippen molar-refractivity contribution < 1.29 is 56.0 Å². The Balaban J connectivity index is 0.000000333. The zero-order valence-electron chi connectivity index (χ0n) is 21.1. The zero-order valence-corrected chi connectivity index (χ0v) is 21.1. The molecule has 2 aliphatic heterocycles. The van der Waals surface area contributed by atoms with Crippen LogP contribution in [0.5, 0.6) is 0 Å². The van der Waals surface area contributed by atoms with Gasteiger partial charge in [0.05, 0.1) is 13.2 Å². The fourth-order valence-corrected chi connectivity index (χ4v) is 4.15. The Hall–Kier alpha value is -3.27. The van der Waals surface area contributed by atoms with Gasteiger partial charge in [-0.1, -0.05) is 36.4 Å². The van der Waals surface area contributed by atoms with E-state index in [1.807, 2.05) is 48.8 Å². The molecule has 1 aromatic carbocycles. The Labute approximate surface area is 225 Å². The van der Waals surface area contributed by atoms with Crippen molar-refractivity contribution in [2.45, 2.75) is 30.4 Å². The molecule has 0 aliphatic carbocycles. The summed E-state index contributed by atoms with van der Waals surface area (Å²) in [6.07, 6.45) is -5.59. The number of benzene rings is 1. The van der Waals surface area contributed by atoms with E-state index in [4.69, 9.17) is 24.5 Å². The first-order valence-corrected chi connectivity index (χ1v) is 12.0. The second kappa shape index (κ2) is 14.4. The smallest absolute Gasteiger partial charge is 0.475 e. The monoisotopic (exact) mass is 581 g/mol. The first kappa shape index (κ1) is 32.9. The molecule has 15 heteroatoms. The van der Waals surface area contributed by atoms with Crippen LogP contribution in [0.2, 0.25) is 0 Å². The third kappa shape index (κ3) is 10.4. The highest BCUT2D eigenvalue weighted by molar-refractivity contribution is 5.73. The number of hydrogen-bond acceptors (Lipinski definition) is 7. The van der Waals surface area contributed by atoms with Gasteiger partial charge in [0.1, 0.15) is 5.60 Å². The van der Waals surface area contributed by atoms with Gasteiger partial charge in [-0.05, 0) is 23.6 Å². The van der Waals surface area contributed by atoms with Gasteiger partial charge in [0.25, 0.3) is 0 Å². The first-order valence-electron chi connectivity index (χ1n) is 12.0. The van der Waals surface area contributed by atoms with E-state index in [1.165, 1.54) is 5.56 Å². The molecular weight excluding hydrogens is 552 g/mol. The van der Waals surface area contributed by atoms with E-state index < -0.39 is 29.9 Å². The molecule has 0 amide bonds. The number of likely N-dealkylation sites (tertiary alicyclic amines) is 1. The number of morpholine rings is 1. The number of aliphatic carboxylic acids is 2. The number of carbonyl (C=O) groups is 2. The number of hydrogen-bond donors (Lipinski definition) is 3. The second-order valence-corrected chi connectivity index (χ2v) is 8.94. The number of ether oxygens (including phenoxy) is 1. The highest BCUT2D eigenvalue weighted by Crippen LogP contribution is 2.33. The molecule has 2 fully saturated rings. The van der Waals surface area contributed by atoms with Crippen molar-refractivity contribution in [1.82, 2.24) is 14.8 Å². The Morgan fingerprint density at radius 1 is 0.925 bits per heavy atom. The van der Waals surface area contributed by atoms with Crippen LogP contribution < -0.4 is 0 Å². The van der Waals surface area contributed by atoms with E-state index in [0.29, 0.717) is 6.54 Å². The van der Waals surface area contributed by atoms with E-state index in [-0.39, 0.29) is 6.04 Å². The lowest BCUT2D eigenvalue weighted by Crippen LogP contribution is -2.44. The number of halogens is 6. The molecule has 2 atom stereocenters. The number of rotatable bonds is 5. The summed E-state index contributed by atoms with van der Waals surface area (Å²) in [5.74, 6) is -5.51. The van der Waals surface area contributed by atoms with Crippen LogP contribution >= 0.6 is 0 Å². The Kier molecular flexibility index (Phi) is 11.8. The van der Waals surface area contributed by atoms with E-state index in [0.717, 1.165) is 51.4 Å². The van der Waals surface area contributed by atoms with Gasteiger partial charge in [0.15, 0.2) is 0 Å². The summed E-state index contributed by atoms with van der Waals surface area (Å²) in [5.41, 5.74) is 1.52. The summed E-state index contributed by atoms with van der Waals surface area (Å²) in [6.45, 7) is 5.94. The van der Waals surface area contributed by atoms with Gasteiger partial charge in [0, 0.05) is 51.2 Å². The highest BCUT2D eigenvalue weighted by atomic mass is 19.4. The van der Waals surface area contributed by atoms with Crippen molar-refractivity contribution in [3.63, 3.8) is 0 Å². The number of aliphatic hydroxyl groups is 1. The van der Waals surface area contributed by atoms with Crippen LogP contribution in [0, 0.1) is 0 Å². The minimum Gasteiger partial charge on any atom is -0.475 e. The number of aromatic nitrogens is 1. The number of pyridine rings is 1. The average Bonchev–Trinajstić information content (AvgIpc) is 3.30. The standard InChI is InChI=1S/C21H27N3O2.2C2HF3O2/c25-21(19-6-2-1-3-7-19)8-10-23(17-21)16-20(18-5-4-9-22-15-18)24-11-13-26-14-12-24;2*3-2(4,5)1(6)7/h1-7,9,15,20,25H,8,10-14,16-17H2;2*(H,6,7). The SMILES string of the molecule is O=C(O)C(F)(F)F.O=C(O)C(F)(F)F.OC1(c2ccccc2)CCN(CC(c2cccnc2)N2CCOCC2)C1. The van der Waals surface area contributed by atoms with Crippen molar-refractivity contribution >= 4 is 11.9 Å². The van der Waals surface area contributed by atoms with Crippen LogP contribution in [0.25, 0.3) is 0 Å². The lowest BCUT2D eigenvalue weighted by molar-refractivity contribution is -0.193. The maximum atomic E-state index is 11.1. The van der Waals surface area contributed by atoms with Crippen LogP contribution in [0.4, 0.5) is 26.3 Å². The molecule has 2 unspecified atom stereocenters. The number of β-amino-alcohol motifs (C(OH)–C–C–N with tert-alkyl or cyclic N) is 1. The molecule has 0 spiro atoms. The molecule has 2 aromatic rings. The molecule has 3 heterocycles. The van der Waals surface area contributed by atoms with Gasteiger partial charge in [0.2, 0.25) is 0 Å². The van der Waals surface area contributed by atoms with Crippen LogP contribution in [-0.4, -0.2) is 100 Å². The summed E-state index contributed by atoms with van der Waals surface area (Å²) in [6, 6.07) is 14.5. The predicted molar refractivity (Wildman–Crippen MR) is 128 cm³/mol. The maximum absolute atomic E-state index is 11.1. The van der Waals surface area contributed by atoms with Crippen molar-refractivity contribution in [2.24, 2.45) is 0 Å². The summed E-state index contributed by atoms with van der Waals surface area (Å²) in [7, 11) is 0. The lowest BCUT2D eigenvalue weighted by atomic mass is 9.93. The predicted octanol–water partition coefficient (Wildman–Crippen LogP) is 3.32. The quantitative estimate of drug-likeness (QED) is 0.457. The zero-order chi connectivity index (χ0) is 30.0. The normalized spacial score (nSPS) is 20.9. The van der Waals surface area contributed by atoms with E-state index in [1.54, 1.807) is 0 Å². The molecule has 222 valence electrons.